The van der Waals surface area contributed by atoms with E-state index in [2.05, 4.69) is 0 Å². The van der Waals surface area contributed by atoms with E-state index in [1.54, 1.807) is 30.3 Å². The molecular weight excluding hydrogens is 280 g/mol. The molecular formula is C11H13ClO5S. The Labute approximate surface area is 110 Å². The lowest BCUT2D eigenvalue weighted by Gasteiger charge is -2.05. The molecule has 0 bridgehead atoms. The van der Waals surface area contributed by atoms with Crippen LogP contribution in [0.4, 0.5) is 0 Å². The largest absolute Gasteiger partial charge is 0.460 e. The van der Waals surface area contributed by atoms with E-state index in [1.807, 2.05) is 0 Å². The molecule has 1 aromatic carbocycles. The highest BCUT2D eigenvalue weighted by Gasteiger charge is 2.06. The zero-order chi connectivity index (χ0) is 13.4. The molecule has 0 amide bonds. The summed E-state index contributed by atoms with van der Waals surface area (Å²) < 4.78 is 31.0. The fraction of sp³-hybridized carbons (Fsp3) is 0.364. The molecule has 100 valence electrons. The smallest absolute Gasteiger partial charge is 0.338 e. The summed E-state index contributed by atoms with van der Waals surface area (Å²) in [6.45, 7) is 0.176. The van der Waals surface area contributed by atoms with Gasteiger partial charge in [-0.25, -0.2) is 13.2 Å². The summed E-state index contributed by atoms with van der Waals surface area (Å²) in [5.41, 5.74) is 0.459. The van der Waals surface area contributed by atoms with Gasteiger partial charge in [0.15, 0.2) is 0 Å². The third kappa shape index (κ3) is 6.58. The van der Waals surface area contributed by atoms with Gasteiger partial charge in [-0.2, -0.15) is 0 Å². The molecule has 0 atom stereocenters. The second kappa shape index (κ2) is 7.35. The summed E-state index contributed by atoms with van der Waals surface area (Å²) in [6, 6.07) is 8.55. The third-order valence-electron chi connectivity index (χ3n) is 1.94. The number of carbonyl (C=O) groups is 1. The first-order valence-corrected chi connectivity index (χ1v) is 7.69. The van der Waals surface area contributed by atoms with E-state index in [9.17, 15) is 13.2 Å². The van der Waals surface area contributed by atoms with Crippen molar-refractivity contribution in [3.8, 4) is 0 Å². The molecule has 1 aromatic rings. The van der Waals surface area contributed by atoms with Gasteiger partial charge in [0.1, 0.15) is 6.61 Å². The van der Waals surface area contributed by atoms with Gasteiger partial charge in [-0.15, -0.1) is 0 Å². The van der Waals surface area contributed by atoms with Gasteiger partial charge in [0, 0.05) is 10.7 Å². The molecule has 0 saturated carbocycles. The van der Waals surface area contributed by atoms with Crippen LogP contribution in [-0.4, -0.2) is 40.0 Å². The second-order valence-electron chi connectivity index (χ2n) is 3.36. The lowest BCUT2D eigenvalue weighted by Crippen LogP contribution is -2.13. The fourth-order valence-corrected chi connectivity index (χ4v) is 1.62. The molecule has 0 aromatic heterocycles. The Morgan fingerprint density at radius 3 is 2.39 bits per heavy atom. The number of benzene rings is 1. The molecule has 0 heterocycles. The first kappa shape index (κ1) is 14.9. The van der Waals surface area contributed by atoms with E-state index in [-0.39, 0.29) is 25.6 Å². The summed E-state index contributed by atoms with van der Waals surface area (Å²) in [5, 5.41) is 0. The predicted octanol–water partition coefficient (Wildman–Crippen LogP) is 1.43. The molecule has 0 fully saturated rings. The van der Waals surface area contributed by atoms with Crippen molar-refractivity contribution in [3.05, 3.63) is 35.9 Å². The highest BCUT2D eigenvalue weighted by molar-refractivity contribution is 8.13. The van der Waals surface area contributed by atoms with Crippen molar-refractivity contribution in [1.29, 1.82) is 0 Å². The number of hydrogen-bond acceptors (Lipinski definition) is 5. The van der Waals surface area contributed by atoms with Crippen LogP contribution in [-0.2, 0) is 18.5 Å². The topological polar surface area (TPSA) is 69.7 Å². The summed E-state index contributed by atoms with van der Waals surface area (Å²) in [7, 11) is 1.45. The average molecular weight is 293 g/mol. The van der Waals surface area contributed by atoms with Crippen LogP contribution in [0, 0.1) is 0 Å². The fourth-order valence-electron chi connectivity index (χ4n) is 1.11. The van der Waals surface area contributed by atoms with Crippen LogP contribution in [0.3, 0.4) is 0 Å². The van der Waals surface area contributed by atoms with Gasteiger partial charge in [-0.1, -0.05) is 18.2 Å². The van der Waals surface area contributed by atoms with Gasteiger partial charge in [0.2, 0.25) is 9.05 Å². The quantitative estimate of drug-likeness (QED) is 0.432. The molecule has 0 aliphatic carbocycles. The third-order valence-corrected chi connectivity index (χ3v) is 3.06. The number of ether oxygens (including phenoxy) is 2. The van der Waals surface area contributed by atoms with Gasteiger partial charge in [-0.05, 0) is 12.1 Å². The maximum absolute atomic E-state index is 11.4. The van der Waals surface area contributed by atoms with Crippen LogP contribution in [0.25, 0.3) is 0 Å². The van der Waals surface area contributed by atoms with Gasteiger partial charge in [-0.3, -0.25) is 0 Å². The van der Waals surface area contributed by atoms with Crippen molar-refractivity contribution >= 4 is 25.7 Å². The van der Waals surface area contributed by atoms with Crippen LogP contribution in [0.2, 0.25) is 0 Å². The molecule has 5 nitrogen and oxygen atoms in total. The molecule has 0 N–H and O–H groups in total. The first-order valence-electron chi connectivity index (χ1n) is 5.21. The first-order chi connectivity index (χ1) is 8.49. The maximum Gasteiger partial charge on any atom is 0.338 e. The summed E-state index contributed by atoms with van der Waals surface area (Å²) >= 11 is 0. The molecule has 0 aliphatic rings. The molecule has 0 aliphatic heterocycles. The van der Waals surface area contributed by atoms with Crippen LogP contribution >= 0.6 is 10.7 Å². The lowest BCUT2D eigenvalue weighted by molar-refractivity contribution is 0.0337. The molecule has 7 heteroatoms. The van der Waals surface area contributed by atoms with E-state index in [0.29, 0.717) is 5.56 Å². The Kier molecular flexibility index (Phi) is 6.11. The van der Waals surface area contributed by atoms with E-state index in [0.717, 1.165) is 0 Å². The minimum absolute atomic E-state index is 0.0191. The Hall–Kier alpha value is -1.11. The van der Waals surface area contributed by atoms with Crippen molar-refractivity contribution < 1.29 is 22.7 Å². The minimum Gasteiger partial charge on any atom is -0.460 e. The maximum atomic E-state index is 11.4. The van der Waals surface area contributed by atoms with Crippen LogP contribution in [0.1, 0.15) is 10.4 Å². The molecule has 0 unspecified atom stereocenters. The Bertz CT molecular complexity index is 471. The van der Waals surface area contributed by atoms with Gasteiger partial charge >= 0.3 is 5.97 Å². The summed E-state index contributed by atoms with van der Waals surface area (Å²) in [6.07, 6.45) is 0. The van der Waals surface area contributed by atoms with Gasteiger partial charge in [0.05, 0.1) is 24.5 Å². The summed E-state index contributed by atoms with van der Waals surface area (Å²) in [5.74, 6) is -0.703. The van der Waals surface area contributed by atoms with Crippen molar-refractivity contribution in [1.82, 2.24) is 0 Å². The molecule has 0 spiro atoms. The molecule has 0 radical (unpaired) electrons. The molecule has 18 heavy (non-hydrogen) atoms. The van der Waals surface area contributed by atoms with Crippen molar-refractivity contribution in [2.24, 2.45) is 0 Å². The van der Waals surface area contributed by atoms with Crippen LogP contribution < -0.4 is 0 Å². The average Bonchev–Trinajstić information content (AvgIpc) is 2.33. The van der Waals surface area contributed by atoms with Crippen molar-refractivity contribution in [2.45, 2.75) is 0 Å². The highest BCUT2D eigenvalue weighted by Crippen LogP contribution is 2.01. The van der Waals surface area contributed by atoms with Gasteiger partial charge in [0.25, 0.3) is 0 Å². The zero-order valence-electron chi connectivity index (χ0n) is 9.54. The Balaban J connectivity index is 2.14. The van der Waals surface area contributed by atoms with E-state index in [4.69, 9.17) is 20.2 Å². The number of carbonyl (C=O) groups excluding carboxylic acids is 1. The minimum atomic E-state index is -3.53. The van der Waals surface area contributed by atoms with Crippen LogP contribution in [0.15, 0.2) is 30.3 Å². The summed E-state index contributed by atoms with van der Waals surface area (Å²) in [4.78, 5) is 11.4. The lowest BCUT2D eigenvalue weighted by atomic mass is 10.2. The Morgan fingerprint density at radius 1 is 1.11 bits per heavy atom. The standard InChI is InChI=1S/C11H13ClO5S/c12-18(14,15)9-8-16-6-7-17-11(13)10-4-2-1-3-5-10/h1-5H,6-9H2. The predicted molar refractivity (Wildman–Crippen MR) is 67.2 cm³/mol. The number of rotatable bonds is 7. The van der Waals surface area contributed by atoms with Crippen LogP contribution in [0.5, 0.6) is 0 Å². The second-order valence-corrected chi connectivity index (χ2v) is 6.25. The number of esters is 1. The normalized spacial score (nSPS) is 11.2. The van der Waals surface area contributed by atoms with Gasteiger partial charge < -0.3 is 9.47 Å². The molecule has 1 rings (SSSR count). The number of halogens is 1. The van der Waals surface area contributed by atoms with E-state index < -0.39 is 15.0 Å². The zero-order valence-corrected chi connectivity index (χ0v) is 11.1. The Morgan fingerprint density at radius 2 is 1.78 bits per heavy atom. The number of hydrogen-bond donors (Lipinski definition) is 0. The van der Waals surface area contributed by atoms with E-state index >= 15 is 0 Å². The van der Waals surface area contributed by atoms with Crippen molar-refractivity contribution in [3.63, 3.8) is 0 Å². The van der Waals surface area contributed by atoms with Crippen molar-refractivity contribution in [2.75, 3.05) is 25.6 Å². The SMILES string of the molecule is O=C(OCCOCCS(=O)(=O)Cl)c1ccccc1. The monoisotopic (exact) mass is 292 g/mol. The highest BCUT2D eigenvalue weighted by atomic mass is 35.7. The molecule has 0 saturated heterocycles. The van der Waals surface area contributed by atoms with E-state index in [1.165, 1.54) is 0 Å².